The Labute approximate surface area is 86.0 Å². The molecule has 1 aromatic rings. The summed E-state index contributed by atoms with van der Waals surface area (Å²) in [5, 5.41) is 9.96. The second kappa shape index (κ2) is 3.25. The highest BCUT2D eigenvalue weighted by Gasteiger charge is 2.40. The van der Waals surface area contributed by atoms with E-state index in [2.05, 4.69) is 8.75 Å². The van der Waals surface area contributed by atoms with E-state index in [0.29, 0.717) is 12.1 Å². The third-order valence-electron chi connectivity index (χ3n) is 2.28. The van der Waals surface area contributed by atoms with Crippen LogP contribution in [0.3, 0.4) is 0 Å². The number of aliphatic hydroxyl groups is 1. The fraction of sp³-hybridized carbons (Fsp3) is 0.714. The van der Waals surface area contributed by atoms with Crippen LogP contribution in [-0.4, -0.2) is 39.4 Å². The van der Waals surface area contributed by atoms with Crippen molar-refractivity contribution in [1.29, 1.82) is 0 Å². The molecule has 1 aliphatic heterocycles. The van der Waals surface area contributed by atoms with E-state index in [1.807, 2.05) is 0 Å². The standard InChI is InChI=1S/C7H10N2O3S2/c10-7(1-2-14(11,12)5-7)3-6-4-8-13-9-6/h4,10H,1-3,5H2. The van der Waals surface area contributed by atoms with Crippen molar-refractivity contribution in [2.75, 3.05) is 11.5 Å². The van der Waals surface area contributed by atoms with Gasteiger partial charge in [-0.15, -0.1) is 0 Å². The lowest BCUT2D eigenvalue weighted by Gasteiger charge is -2.18. The topological polar surface area (TPSA) is 80.2 Å². The van der Waals surface area contributed by atoms with Gasteiger partial charge in [-0.1, -0.05) is 0 Å². The maximum Gasteiger partial charge on any atom is 0.153 e. The zero-order valence-corrected chi connectivity index (χ0v) is 9.01. The average molecular weight is 234 g/mol. The van der Waals surface area contributed by atoms with Gasteiger partial charge in [0, 0.05) is 6.42 Å². The van der Waals surface area contributed by atoms with Crippen LogP contribution in [0.1, 0.15) is 12.1 Å². The first kappa shape index (κ1) is 10.0. The van der Waals surface area contributed by atoms with Crippen molar-refractivity contribution < 1.29 is 13.5 Å². The minimum Gasteiger partial charge on any atom is -0.388 e. The van der Waals surface area contributed by atoms with E-state index in [0.717, 1.165) is 11.7 Å². The van der Waals surface area contributed by atoms with Crippen LogP contribution in [0.4, 0.5) is 0 Å². The van der Waals surface area contributed by atoms with Crippen molar-refractivity contribution in [3.05, 3.63) is 11.9 Å². The third kappa shape index (κ3) is 2.10. The zero-order chi connectivity index (χ0) is 10.2. The molecule has 7 heteroatoms. The lowest BCUT2D eigenvalue weighted by molar-refractivity contribution is 0.0674. The summed E-state index contributed by atoms with van der Waals surface area (Å²) >= 11 is 1.06. The van der Waals surface area contributed by atoms with Crippen LogP contribution >= 0.6 is 11.7 Å². The molecule has 1 aliphatic rings. The van der Waals surface area contributed by atoms with Gasteiger partial charge in [0.2, 0.25) is 0 Å². The molecule has 0 bridgehead atoms. The second-order valence-corrected chi connectivity index (χ2v) is 6.38. The molecule has 0 amide bonds. The van der Waals surface area contributed by atoms with Crippen molar-refractivity contribution in [3.63, 3.8) is 0 Å². The molecule has 78 valence electrons. The van der Waals surface area contributed by atoms with Crippen LogP contribution in [0.25, 0.3) is 0 Å². The Bertz CT molecular complexity index is 414. The molecule has 1 aromatic heterocycles. The number of rotatable bonds is 2. The Hall–Kier alpha value is -0.530. The van der Waals surface area contributed by atoms with Crippen LogP contribution in [0.15, 0.2) is 6.20 Å². The molecule has 0 aliphatic carbocycles. The molecule has 1 fully saturated rings. The van der Waals surface area contributed by atoms with Crippen molar-refractivity contribution in [1.82, 2.24) is 8.75 Å². The maximum absolute atomic E-state index is 11.2. The van der Waals surface area contributed by atoms with Gasteiger partial charge in [-0.05, 0) is 6.42 Å². The smallest absolute Gasteiger partial charge is 0.153 e. The molecule has 14 heavy (non-hydrogen) atoms. The minimum absolute atomic E-state index is 0.0705. The molecule has 1 unspecified atom stereocenters. The van der Waals surface area contributed by atoms with Gasteiger partial charge >= 0.3 is 0 Å². The van der Waals surface area contributed by atoms with Crippen LogP contribution in [0.2, 0.25) is 0 Å². The zero-order valence-electron chi connectivity index (χ0n) is 7.38. The van der Waals surface area contributed by atoms with E-state index in [9.17, 15) is 13.5 Å². The SMILES string of the molecule is O=S1(=O)CCC(O)(Cc2cnsn2)C1. The lowest BCUT2D eigenvalue weighted by atomic mass is 9.98. The van der Waals surface area contributed by atoms with E-state index in [1.165, 1.54) is 0 Å². The van der Waals surface area contributed by atoms with E-state index < -0.39 is 15.4 Å². The normalized spacial score (nSPS) is 30.6. The highest BCUT2D eigenvalue weighted by atomic mass is 32.2. The number of sulfone groups is 1. The first-order valence-electron chi connectivity index (χ1n) is 4.18. The Morgan fingerprint density at radius 3 is 2.93 bits per heavy atom. The van der Waals surface area contributed by atoms with Crippen LogP contribution in [0.5, 0.6) is 0 Å². The molecule has 0 saturated carbocycles. The first-order valence-corrected chi connectivity index (χ1v) is 6.74. The van der Waals surface area contributed by atoms with Crippen LogP contribution < -0.4 is 0 Å². The molecule has 1 saturated heterocycles. The summed E-state index contributed by atoms with van der Waals surface area (Å²) in [4.78, 5) is 0. The van der Waals surface area contributed by atoms with Crippen LogP contribution in [-0.2, 0) is 16.3 Å². The summed E-state index contributed by atoms with van der Waals surface area (Å²) in [6.07, 6.45) is 2.14. The summed E-state index contributed by atoms with van der Waals surface area (Å²) in [7, 11) is -3.05. The fourth-order valence-corrected chi connectivity index (χ4v) is 3.97. The van der Waals surface area contributed by atoms with Crippen LogP contribution in [0, 0.1) is 0 Å². The van der Waals surface area contributed by atoms with Gasteiger partial charge in [0.25, 0.3) is 0 Å². The average Bonchev–Trinajstić information content (AvgIpc) is 2.60. The first-order chi connectivity index (χ1) is 6.49. The van der Waals surface area contributed by atoms with E-state index in [-0.39, 0.29) is 17.9 Å². The Morgan fingerprint density at radius 2 is 2.43 bits per heavy atom. The van der Waals surface area contributed by atoms with E-state index in [1.54, 1.807) is 6.20 Å². The van der Waals surface area contributed by atoms with Gasteiger partial charge in [0.15, 0.2) is 9.84 Å². The maximum atomic E-state index is 11.2. The summed E-state index contributed by atoms with van der Waals surface area (Å²) in [6.45, 7) is 0. The third-order valence-corrected chi connectivity index (χ3v) is 4.60. The summed E-state index contributed by atoms with van der Waals surface area (Å²) in [6, 6.07) is 0. The Morgan fingerprint density at radius 1 is 1.64 bits per heavy atom. The highest BCUT2D eigenvalue weighted by molar-refractivity contribution is 7.91. The van der Waals surface area contributed by atoms with Gasteiger partial charge in [0.05, 0.1) is 40.7 Å². The number of nitrogens with zero attached hydrogens (tertiary/aromatic N) is 2. The Balaban J connectivity index is 2.12. The molecule has 1 N–H and O–H groups in total. The summed E-state index contributed by atoms with van der Waals surface area (Å²) in [5.74, 6) is -0.0847. The van der Waals surface area contributed by atoms with Gasteiger partial charge < -0.3 is 5.11 Å². The Kier molecular flexibility index (Phi) is 2.32. The number of aromatic nitrogens is 2. The lowest BCUT2D eigenvalue weighted by Crippen LogP contribution is -2.32. The molecular weight excluding hydrogens is 224 g/mol. The second-order valence-electron chi connectivity index (χ2n) is 3.64. The van der Waals surface area contributed by atoms with E-state index >= 15 is 0 Å². The van der Waals surface area contributed by atoms with Crippen molar-refractivity contribution in [2.24, 2.45) is 0 Å². The largest absolute Gasteiger partial charge is 0.388 e. The molecule has 0 aromatic carbocycles. The molecule has 0 radical (unpaired) electrons. The minimum atomic E-state index is -3.05. The predicted molar refractivity (Wildman–Crippen MR) is 51.8 cm³/mol. The van der Waals surface area contributed by atoms with Gasteiger partial charge in [0.1, 0.15) is 0 Å². The fourth-order valence-electron chi connectivity index (χ4n) is 1.64. The van der Waals surface area contributed by atoms with Crippen molar-refractivity contribution in [3.8, 4) is 0 Å². The van der Waals surface area contributed by atoms with Gasteiger partial charge in [-0.2, -0.15) is 8.75 Å². The molecule has 2 heterocycles. The highest BCUT2D eigenvalue weighted by Crippen LogP contribution is 2.26. The number of hydrogen-bond donors (Lipinski definition) is 1. The summed E-state index contributed by atoms with van der Waals surface area (Å²) < 4.78 is 30.1. The van der Waals surface area contributed by atoms with Crippen molar-refractivity contribution in [2.45, 2.75) is 18.4 Å². The molecule has 0 spiro atoms. The monoisotopic (exact) mass is 234 g/mol. The molecule has 1 atom stereocenters. The molecule has 5 nitrogen and oxygen atoms in total. The quantitative estimate of drug-likeness (QED) is 0.755. The summed E-state index contributed by atoms with van der Waals surface area (Å²) in [5.41, 5.74) is -0.469. The van der Waals surface area contributed by atoms with Crippen molar-refractivity contribution >= 4 is 21.6 Å². The number of hydrogen-bond acceptors (Lipinski definition) is 6. The van der Waals surface area contributed by atoms with E-state index in [4.69, 9.17) is 0 Å². The molecular formula is C7H10N2O3S2. The predicted octanol–water partition coefficient (Wildman–Crippen LogP) is -0.370. The van der Waals surface area contributed by atoms with Gasteiger partial charge in [-0.25, -0.2) is 8.42 Å². The molecule has 2 rings (SSSR count). The van der Waals surface area contributed by atoms with Gasteiger partial charge in [-0.3, -0.25) is 0 Å².